The maximum absolute atomic E-state index is 11.2. The summed E-state index contributed by atoms with van der Waals surface area (Å²) in [6, 6.07) is 1.77. The van der Waals surface area contributed by atoms with Gasteiger partial charge in [0.25, 0.3) is 5.91 Å². The molecule has 0 aliphatic carbocycles. The highest BCUT2D eigenvalue weighted by Crippen LogP contribution is 1.99. The zero-order chi connectivity index (χ0) is 8.97. The Balaban J connectivity index is 2.68. The number of aromatic nitrogens is 2. The van der Waals surface area contributed by atoms with Gasteiger partial charge in [-0.25, -0.2) is 0 Å². The van der Waals surface area contributed by atoms with Crippen molar-refractivity contribution in [3.05, 3.63) is 17.5 Å². The van der Waals surface area contributed by atoms with Gasteiger partial charge in [-0.1, -0.05) is 6.92 Å². The van der Waals surface area contributed by atoms with Crippen LogP contribution in [0.15, 0.2) is 6.07 Å². The molecule has 0 fully saturated rings. The van der Waals surface area contributed by atoms with Crippen molar-refractivity contribution in [1.82, 2.24) is 15.5 Å². The molecular weight excluding hydrogens is 154 g/mol. The summed E-state index contributed by atoms with van der Waals surface area (Å²) in [5, 5.41) is 9.33. The standard InChI is InChI=1S/C8H13N3O/c1-3-6-5-7(11-10-6)8(12)9-4-2/h5H,3-4H2,1-2H3,(H,9,12)(H,10,11). The van der Waals surface area contributed by atoms with Crippen LogP contribution in [-0.4, -0.2) is 22.6 Å². The quantitative estimate of drug-likeness (QED) is 0.697. The Morgan fingerprint density at radius 1 is 1.67 bits per heavy atom. The zero-order valence-electron chi connectivity index (χ0n) is 7.35. The summed E-state index contributed by atoms with van der Waals surface area (Å²) in [4.78, 5) is 11.2. The zero-order valence-corrected chi connectivity index (χ0v) is 7.35. The predicted molar refractivity (Wildman–Crippen MR) is 46.0 cm³/mol. The normalized spacial score (nSPS) is 9.83. The molecular formula is C8H13N3O. The third kappa shape index (κ3) is 1.84. The van der Waals surface area contributed by atoms with Crippen molar-refractivity contribution in [2.24, 2.45) is 0 Å². The smallest absolute Gasteiger partial charge is 0.271 e. The van der Waals surface area contributed by atoms with E-state index >= 15 is 0 Å². The van der Waals surface area contributed by atoms with Crippen LogP contribution in [0.25, 0.3) is 0 Å². The van der Waals surface area contributed by atoms with Crippen molar-refractivity contribution in [2.45, 2.75) is 20.3 Å². The molecule has 0 aliphatic rings. The molecule has 66 valence electrons. The van der Waals surface area contributed by atoms with Crippen LogP contribution >= 0.6 is 0 Å². The van der Waals surface area contributed by atoms with Crippen molar-refractivity contribution in [2.75, 3.05) is 6.54 Å². The molecule has 1 aromatic rings. The molecule has 0 unspecified atom stereocenters. The van der Waals surface area contributed by atoms with Crippen LogP contribution in [0.3, 0.4) is 0 Å². The first-order valence-corrected chi connectivity index (χ1v) is 4.10. The molecule has 12 heavy (non-hydrogen) atoms. The van der Waals surface area contributed by atoms with Crippen molar-refractivity contribution in [1.29, 1.82) is 0 Å². The summed E-state index contributed by atoms with van der Waals surface area (Å²) in [5.74, 6) is -0.117. The fraction of sp³-hybridized carbons (Fsp3) is 0.500. The highest BCUT2D eigenvalue weighted by atomic mass is 16.1. The number of aromatic amines is 1. The van der Waals surface area contributed by atoms with E-state index < -0.39 is 0 Å². The van der Waals surface area contributed by atoms with Crippen LogP contribution in [0.1, 0.15) is 30.0 Å². The van der Waals surface area contributed by atoms with E-state index in [4.69, 9.17) is 0 Å². The first kappa shape index (κ1) is 8.77. The molecule has 0 aromatic carbocycles. The predicted octanol–water partition coefficient (Wildman–Crippen LogP) is 0.722. The van der Waals surface area contributed by atoms with E-state index in [2.05, 4.69) is 15.5 Å². The second-order valence-electron chi connectivity index (χ2n) is 2.49. The Morgan fingerprint density at radius 3 is 2.92 bits per heavy atom. The largest absolute Gasteiger partial charge is 0.351 e. The number of carbonyl (C=O) groups excluding carboxylic acids is 1. The van der Waals surface area contributed by atoms with Crippen molar-refractivity contribution in [3.63, 3.8) is 0 Å². The number of aryl methyl sites for hydroxylation is 1. The van der Waals surface area contributed by atoms with E-state index in [0.29, 0.717) is 12.2 Å². The molecule has 2 N–H and O–H groups in total. The minimum atomic E-state index is -0.117. The molecule has 4 nitrogen and oxygen atoms in total. The Hall–Kier alpha value is -1.32. The topological polar surface area (TPSA) is 57.8 Å². The summed E-state index contributed by atoms with van der Waals surface area (Å²) < 4.78 is 0. The Morgan fingerprint density at radius 2 is 2.42 bits per heavy atom. The minimum Gasteiger partial charge on any atom is -0.351 e. The highest BCUT2D eigenvalue weighted by molar-refractivity contribution is 5.92. The molecule has 0 radical (unpaired) electrons. The number of H-pyrrole nitrogens is 1. The van der Waals surface area contributed by atoms with Crippen LogP contribution in [0.4, 0.5) is 0 Å². The fourth-order valence-electron chi connectivity index (χ4n) is 0.910. The van der Waals surface area contributed by atoms with Crippen molar-refractivity contribution < 1.29 is 4.79 Å². The summed E-state index contributed by atoms with van der Waals surface area (Å²) in [6.07, 6.45) is 0.867. The van der Waals surface area contributed by atoms with Gasteiger partial charge in [-0.3, -0.25) is 9.89 Å². The van der Waals surface area contributed by atoms with E-state index in [1.165, 1.54) is 0 Å². The number of carbonyl (C=O) groups is 1. The average Bonchev–Trinajstić information content (AvgIpc) is 2.52. The third-order valence-corrected chi connectivity index (χ3v) is 1.58. The Bertz CT molecular complexity index is 267. The van der Waals surface area contributed by atoms with Gasteiger partial charge in [-0.15, -0.1) is 0 Å². The number of amides is 1. The van der Waals surface area contributed by atoms with Gasteiger partial charge >= 0.3 is 0 Å². The summed E-state index contributed by atoms with van der Waals surface area (Å²) in [6.45, 7) is 4.52. The summed E-state index contributed by atoms with van der Waals surface area (Å²) >= 11 is 0. The number of rotatable bonds is 3. The van der Waals surface area contributed by atoms with Gasteiger partial charge in [-0.05, 0) is 19.4 Å². The second kappa shape index (κ2) is 3.90. The lowest BCUT2D eigenvalue weighted by Gasteiger charge is -1.95. The molecule has 1 aromatic heterocycles. The molecule has 1 amide bonds. The minimum absolute atomic E-state index is 0.117. The number of nitrogens with one attached hydrogen (secondary N) is 2. The lowest BCUT2D eigenvalue weighted by atomic mass is 10.3. The molecule has 1 rings (SSSR count). The molecule has 1 heterocycles. The van der Waals surface area contributed by atoms with Crippen LogP contribution in [-0.2, 0) is 6.42 Å². The number of hydrogen-bond acceptors (Lipinski definition) is 2. The Labute approximate surface area is 71.4 Å². The van der Waals surface area contributed by atoms with E-state index in [0.717, 1.165) is 12.1 Å². The van der Waals surface area contributed by atoms with Gasteiger partial charge in [0.1, 0.15) is 5.69 Å². The Kier molecular flexibility index (Phi) is 2.85. The summed E-state index contributed by atoms with van der Waals surface area (Å²) in [5.41, 5.74) is 1.45. The van der Waals surface area contributed by atoms with Gasteiger partial charge in [-0.2, -0.15) is 5.10 Å². The molecule has 0 spiro atoms. The highest BCUT2D eigenvalue weighted by Gasteiger charge is 2.07. The molecule has 0 saturated carbocycles. The second-order valence-corrected chi connectivity index (χ2v) is 2.49. The van der Waals surface area contributed by atoms with Crippen LogP contribution in [0.5, 0.6) is 0 Å². The first-order valence-electron chi connectivity index (χ1n) is 4.10. The third-order valence-electron chi connectivity index (χ3n) is 1.58. The van der Waals surface area contributed by atoms with E-state index in [9.17, 15) is 4.79 Å². The lowest BCUT2D eigenvalue weighted by Crippen LogP contribution is -2.22. The maximum Gasteiger partial charge on any atom is 0.271 e. The van der Waals surface area contributed by atoms with E-state index in [1.54, 1.807) is 6.07 Å². The van der Waals surface area contributed by atoms with Gasteiger partial charge in [0.2, 0.25) is 0 Å². The van der Waals surface area contributed by atoms with Gasteiger partial charge in [0.15, 0.2) is 0 Å². The SMILES string of the molecule is CCNC(=O)c1cc(CC)[nH]n1. The molecule has 0 aliphatic heterocycles. The molecule has 0 atom stereocenters. The van der Waals surface area contributed by atoms with Crippen LogP contribution < -0.4 is 5.32 Å². The van der Waals surface area contributed by atoms with Gasteiger partial charge < -0.3 is 5.32 Å². The van der Waals surface area contributed by atoms with Gasteiger partial charge in [0.05, 0.1) is 0 Å². The maximum atomic E-state index is 11.2. The summed E-state index contributed by atoms with van der Waals surface area (Å²) in [7, 11) is 0. The first-order chi connectivity index (χ1) is 5.77. The molecule has 0 bridgehead atoms. The number of nitrogens with zero attached hydrogens (tertiary/aromatic N) is 1. The van der Waals surface area contributed by atoms with E-state index in [1.807, 2.05) is 13.8 Å². The van der Waals surface area contributed by atoms with Crippen molar-refractivity contribution >= 4 is 5.91 Å². The molecule has 0 saturated heterocycles. The lowest BCUT2D eigenvalue weighted by molar-refractivity contribution is 0.0951. The number of hydrogen-bond donors (Lipinski definition) is 2. The van der Waals surface area contributed by atoms with Crippen molar-refractivity contribution in [3.8, 4) is 0 Å². The monoisotopic (exact) mass is 167 g/mol. The van der Waals surface area contributed by atoms with Crippen LogP contribution in [0, 0.1) is 0 Å². The van der Waals surface area contributed by atoms with E-state index in [-0.39, 0.29) is 5.91 Å². The average molecular weight is 167 g/mol. The van der Waals surface area contributed by atoms with Gasteiger partial charge in [0, 0.05) is 12.2 Å². The molecule has 4 heteroatoms. The van der Waals surface area contributed by atoms with Crippen LogP contribution in [0.2, 0.25) is 0 Å². The fourth-order valence-corrected chi connectivity index (χ4v) is 0.910.